The average molecular weight is 329 g/mol. The van der Waals surface area contributed by atoms with Crippen molar-refractivity contribution in [2.45, 2.75) is 25.9 Å². The van der Waals surface area contributed by atoms with Crippen molar-refractivity contribution in [2.24, 2.45) is 0 Å². The molecule has 0 bridgehead atoms. The first-order valence-corrected chi connectivity index (χ1v) is 7.50. The van der Waals surface area contributed by atoms with Crippen molar-refractivity contribution in [2.75, 3.05) is 0 Å². The molecule has 0 aromatic heterocycles. The summed E-state index contributed by atoms with van der Waals surface area (Å²) >= 11 is 3.46. The standard InChI is InChI=1S/C17H17BrN2/c1-2-17(15-7-9-16(18)10-8-15)20-12-14-5-3-13(11-19)4-6-14/h3-10,17,20H,2,12H2,1H3. The van der Waals surface area contributed by atoms with Crippen LogP contribution in [0.15, 0.2) is 53.0 Å². The molecule has 0 amide bonds. The van der Waals surface area contributed by atoms with Crippen LogP contribution in [-0.2, 0) is 6.54 Å². The van der Waals surface area contributed by atoms with E-state index in [9.17, 15) is 0 Å². The Kier molecular flexibility index (Phi) is 5.34. The summed E-state index contributed by atoms with van der Waals surface area (Å²) in [7, 11) is 0. The Morgan fingerprint density at radius 3 is 2.30 bits per heavy atom. The van der Waals surface area contributed by atoms with Crippen molar-refractivity contribution >= 4 is 15.9 Å². The fourth-order valence-corrected chi connectivity index (χ4v) is 2.40. The number of nitrogens with zero attached hydrogens (tertiary/aromatic N) is 1. The van der Waals surface area contributed by atoms with Crippen LogP contribution in [0.25, 0.3) is 0 Å². The minimum Gasteiger partial charge on any atom is -0.306 e. The van der Waals surface area contributed by atoms with Crippen molar-refractivity contribution in [1.29, 1.82) is 5.26 Å². The van der Waals surface area contributed by atoms with E-state index in [2.05, 4.69) is 58.5 Å². The van der Waals surface area contributed by atoms with Crippen LogP contribution in [0.2, 0.25) is 0 Å². The monoisotopic (exact) mass is 328 g/mol. The molecule has 102 valence electrons. The summed E-state index contributed by atoms with van der Waals surface area (Å²) in [5, 5.41) is 12.3. The molecule has 0 aliphatic rings. The molecule has 2 aromatic carbocycles. The third kappa shape index (κ3) is 3.93. The lowest BCUT2D eigenvalue weighted by Gasteiger charge is -2.17. The van der Waals surface area contributed by atoms with Crippen LogP contribution >= 0.6 is 15.9 Å². The summed E-state index contributed by atoms with van der Waals surface area (Å²) in [6, 6.07) is 18.6. The molecule has 0 aliphatic carbocycles. The van der Waals surface area contributed by atoms with Crippen LogP contribution < -0.4 is 5.32 Å². The largest absolute Gasteiger partial charge is 0.306 e. The number of nitrogens with one attached hydrogen (secondary N) is 1. The second kappa shape index (κ2) is 7.23. The number of nitriles is 1. The molecule has 2 nitrogen and oxygen atoms in total. The van der Waals surface area contributed by atoms with Gasteiger partial charge in [-0.2, -0.15) is 5.26 Å². The van der Waals surface area contributed by atoms with Crippen LogP contribution in [-0.4, -0.2) is 0 Å². The first-order valence-electron chi connectivity index (χ1n) is 6.71. The van der Waals surface area contributed by atoms with Gasteiger partial charge in [-0.15, -0.1) is 0 Å². The molecule has 1 N–H and O–H groups in total. The maximum Gasteiger partial charge on any atom is 0.0991 e. The molecule has 20 heavy (non-hydrogen) atoms. The number of benzene rings is 2. The normalized spacial score (nSPS) is 11.8. The second-order valence-electron chi connectivity index (χ2n) is 4.70. The van der Waals surface area contributed by atoms with E-state index < -0.39 is 0 Å². The molecule has 0 radical (unpaired) electrons. The molecule has 1 unspecified atom stereocenters. The molecule has 0 aliphatic heterocycles. The highest BCUT2D eigenvalue weighted by Crippen LogP contribution is 2.20. The zero-order chi connectivity index (χ0) is 14.4. The summed E-state index contributed by atoms with van der Waals surface area (Å²) in [6.07, 6.45) is 1.04. The minimum atomic E-state index is 0.346. The quantitative estimate of drug-likeness (QED) is 0.873. The highest BCUT2D eigenvalue weighted by molar-refractivity contribution is 9.10. The minimum absolute atomic E-state index is 0.346. The third-order valence-electron chi connectivity index (χ3n) is 3.32. The molecule has 2 rings (SSSR count). The van der Waals surface area contributed by atoms with Gasteiger partial charge in [0.25, 0.3) is 0 Å². The second-order valence-corrected chi connectivity index (χ2v) is 5.62. The molecule has 1 atom stereocenters. The third-order valence-corrected chi connectivity index (χ3v) is 3.84. The van der Waals surface area contributed by atoms with Crippen molar-refractivity contribution in [3.05, 3.63) is 69.7 Å². The van der Waals surface area contributed by atoms with Crippen molar-refractivity contribution in [3.8, 4) is 6.07 Å². The molecular formula is C17H17BrN2. The molecule has 0 saturated heterocycles. The van der Waals surface area contributed by atoms with Crippen LogP contribution in [0.3, 0.4) is 0 Å². The Bertz CT molecular complexity index is 582. The first-order chi connectivity index (χ1) is 9.72. The number of rotatable bonds is 5. The predicted octanol–water partition coefficient (Wildman–Crippen LogP) is 4.56. The summed E-state index contributed by atoms with van der Waals surface area (Å²) in [5.41, 5.74) is 3.19. The van der Waals surface area contributed by atoms with Crippen molar-refractivity contribution in [1.82, 2.24) is 5.32 Å². The highest BCUT2D eigenvalue weighted by atomic mass is 79.9. The Labute approximate surface area is 128 Å². The molecule has 2 aromatic rings. The Balaban J connectivity index is 2.00. The van der Waals surface area contributed by atoms with Gasteiger partial charge in [-0.3, -0.25) is 0 Å². The lowest BCUT2D eigenvalue weighted by Crippen LogP contribution is -2.20. The zero-order valence-corrected chi connectivity index (χ0v) is 13.0. The predicted molar refractivity (Wildman–Crippen MR) is 85.2 cm³/mol. The molecule has 0 heterocycles. The lowest BCUT2D eigenvalue weighted by atomic mass is 10.0. The van der Waals surface area contributed by atoms with Gasteiger partial charge in [-0.05, 0) is 41.8 Å². The van der Waals surface area contributed by atoms with Gasteiger partial charge in [0.05, 0.1) is 11.6 Å². The highest BCUT2D eigenvalue weighted by Gasteiger charge is 2.08. The summed E-state index contributed by atoms with van der Waals surface area (Å²) in [6.45, 7) is 2.98. The van der Waals surface area contributed by atoms with Gasteiger partial charge in [0, 0.05) is 17.1 Å². The van der Waals surface area contributed by atoms with Gasteiger partial charge < -0.3 is 5.32 Å². The molecule has 0 spiro atoms. The van der Waals surface area contributed by atoms with Gasteiger partial charge in [0.1, 0.15) is 0 Å². The zero-order valence-electron chi connectivity index (χ0n) is 11.4. The molecule has 3 heteroatoms. The maximum atomic E-state index is 8.79. The van der Waals surface area contributed by atoms with E-state index in [0.29, 0.717) is 11.6 Å². The maximum absolute atomic E-state index is 8.79. The van der Waals surface area contributed by atoms with Gasteiger partial charge >= 0.3 is 0 Å². The van der Waals surface area contributed by atoms with E-state index in [1.165, 1.54) is 11.1 Å². The van der Waals surface area contributed by atoms with Crippen LogP contribution in [0.1, 0.15) is 36.1 Å². The van der Waals surface area contributed by atoms with E-state index in [-0.39, 0.29) is 0 Å². The van der Waals surface area contributed by atoms with E-state index >= 15 is 0 Å². The first kappa shape index (κ1) is 14.8. The fraction of sp³-hybridized carbons (Fsp3) is 0.235. The summed E-state index contributed by atoms with van der Waals surface area (Å²) in [4.78, 5) is 0. The fourth-order valence-electron chi connectivity index (χ4n) is 2.13. The van der Waals surface area contributed by atoms with Crippen molar-refractivity contribution in [3.63, 3.8) is 0 Å². The SMILES string of the molecule is CCC(NCc1ccc(C#N)cc1)c1ccc(Br)cc1. The number of halogens is 1. The van der Waals surface area contributed by atoms with Gasteiger partial charge in [-0.1, -0.05) is 47.1 Å². The van der Waals surface area contributed by atoms with E-state index in [0.717, 1.165) is 17.4 Å². The van der Waals surface area contributed by atoms with Gasteiger partial charge in [-0.25, -0.2) is 0 Å². The van der Waals surface area contributed by atoms with Crippen LogP contribution in [0.5, 0.6) is 0 Å². The van der Waals surface area contributed by atoms with E-state index in [1.54, 1.807) is 0 Å². The topological polar surface area (TPSA) is 35.8 Å². The number of hydrogen-bond donors (Lipinski definition) is 1. The van der Waals surface area contributed by atoms with E-state index in [4.69, 9.17) is 5.26 Å². The van der Waals surface area contributed by atoms with E-state index in [1.807, 2.05) is 24.3 Å². The Hall–Kier alpha value is -1.63. The molecule has 0 fully saturated rings. The smallest absolute Gasteiger partial charge is 0.0991 e. The Morgan fingerprint density at radius 1 is 1.10 bits per heavy atom. The number of hydrogen-bond acceptors (Lipinski definition) is 2. The lowest BCUT2D eigenvalue weighted by molar-refractivity contribution is 0.519. The van der Waals surface area contributed by atoms with Crippen molar-refractivity contribution < 1.29 is 0 Å². The summed E-state index contributed by atoms with van der Waals surface area (Å²) < 4.78 is 1.10. The Morgan fingerprint density at radius 2 is 1.75 bits per heavy atom. The van der Waals surface area contributed by atoms with Crippen LogP contribution in [0, 0.1) is 11.3 Å². The summed E-state index contributed by atoms with van der Waals surface area (Å²) in [5.74, 6) is 0. The van der Waals surface area contributed by atoms with Crippen LogP contribution in [0.4, 0.5) is 0 Å². The van der Waals surface area contributed by atoms with Gasteiger partial charge in [0.15, 0.2) is 0 Å². The molecular weight excluding hydrogens is 312 g/mol. The molecule has 0 saturated carbocycles. The average Bonchev–Trinajstić information content (AvgIpc) is 2.50. The van der Waals surface area contributed by atoms with Gasteiger partial charge in [0.2, 0.25) is 0 Å².